The fourth-order valence-corrected chi connectivity index (χ4v) is 5.14. The summed E-state index contributed by atoms with van der Waals surface area (Å²) >= 11 is -0.135. The summed E-state index contributed by atoms with van der Waals surface area (Å²) in [6.45, 7) is 13.8. The van der Waals surface area contributed by atoms with Crippen molar-refractivity contribution < 1.29 is 14.6 Å². The van der Waals surface area contributed by atoms with Crippen LogP contribution in [0.1, 0.15) is 68.6 Å². The van der Waals surface area contributed by atoms with Gasteiger partial charge in [0.2, 0.25) is 0 Å². The summed E-state index contributed by atoms with van der Waals surface area (Å²) in [5.74, 6) is -0.0494. The molecule has 2 aromatic carbocycles. The van der Waals surface area contributed by atoms with E-state index in [4.69, 9.17) is 4.74 Å². The van der Waals surface area contributed by atoms with Gasteiger partial charge in [-0.25, -0.2) is 0 Å². The second-order valence-corrected chi connectivity index (χ2v) is 12.1. The summed E-state index contributed by atoms with van der Waals surface area (Å²) in [7, 11) is 0. The van der Waals surface area contributed by atoms with Crippen LogP contribution < -0.4 is 13.8 Å². The van der Waals surface area contributed by atoms with Crippen molar-refractivity contribution in [3.05, 3.63) is 83.0 Å². The van der Waals surface area contributed by atoms with Crippen LogP contribution >= 0.6 is 0 Å². The van der Waals surface area contributed by atoms with Crippen molar-refractivity contribution in [2.24, 2.45) is 0 Å². The Morgan fingerprint density at radius 2 is 1.66 bits per heavy atom. The third-order valence-electron chi connectivity index (χ3n) is 5.15. The van der Waals surface area contributed by atoms with Crippen molar-refractivity contribution in [3.63, 3.8) is 0 Å². The van der Waals surface area contributed by atoms with Gasteiger partial charge in [0.25, 0.3) is 0 Å². The zero-order valence-electron chi connectivity index (χ0n) is 19.6. The van der Waals surface area contributed by atoms with Crippen LogP contribution in [0.3, 0.4) is 0 Å². The molecule has 0 bridgehead atoms. The second kappa shape index (κ2) is 9.48. The first-order chi connectivity index (χ1) is 14.9. The van der Waals surface area contributed by atoms with E-state index < -0.39 is 5.97 Å². The van der Waals surface area contributed by atoms with E-state index in [2.05, 4.69) is 70.8 Å². The van der Waals surface area contributed by atoms with Gasteiger partial charge in [0.15, 0.2) is 0 Å². The van der Waals surface area contributed by atoms with Gasteiger partial charge in [0.05, 0.1) is 0 Å². The van der Waals surface area contributed by atoms with Gasteiger partial charge < -0.3 is 0 Å². The second-order valence-electron chi connectivity index (χ2n) is 9.92. The molecule has 0 radical (unpaired) electrons. The molecule has 0 aliphatic rings. The predicted octanol–water partition coefficient (Wildman–Crippen LogP) is 4.61. The molecule has 1 heterocycles. The average molecular weight is 497 g/mol. The average Bonchev–Trinajstić information content (AvgIpc) is 2.72. The number of nitrogens with zero attached hydrogens (tertiary/aromatic N) is 1. The predicted molar refractivity (Wildman–Crippen MR) is 131 cm³/mol. The number of aromatic nitrogens is 1. The molecule has 168 valence electrons. The van der Waals surface area contributed by atoms with Crippen molar-refractivity contribution >= 4 is 30.0 Å². The Bertz CT molecular complexity index is 1080. The van der Waals surface area contributed by atoms with Gasteiger partial charge in [-0.1, -0.05) is 0 Å². The van der Waals surface area contributed by atoms with Crippen LogP contribution in [0.2, 0.25) is 0 Å². The number of carbonyl (C=O) groups is 1. The van der Waals surface area contributed by atoms with E-state index in [1.54, 1.807) is 6.07 Å². The normalized spacial score (nSPS) is 11.9. The van der Waals surface area contributed by atoms with Crippen LogP contribution in [0.15, 0.2) is 60.8 Å². The Hall–Kier alpha value is -2.62. The van der Waals surface area contributed by atoms with Crippen molar-refractivity contribution in [1.82, 2.24) is 4.98 Å². The molecule has 0 unspecified atom stereocenters. The zero-order valence-corrected chi connectivity index (χ0v) is 21.3. The molecule has 0 saturated carbocycles. The quantitative estimate of drug-likeness (QED) is 0.507. The molecule has 1 N–H and O–H groups in total. The van der Waals surface area contributed by atoms with Crippen LogP contribution in [-0.2, 0) is 17.4 Å². The molecule has 0 spiro atoms. The molecule has 3 aromatic rings. The molecule has 5 heteroatoms. The van der Waals surface area contributed by atoms with Crippen molar-refractivity contribution in [2.75, 3.05) is 0 Å². The SMILES string of the molecule is CC(C)(C)c1cc([Se]c2ccc(C(=O)O)cn2)c(OCc2ccccc2)c(C(C)(C)C)c1. The molecule has 0 saturated heterocycles. The molecule has 1 aromatic heterocycles. The van der Waals surface area contributed by atoms with E-state index in [1.165, 1.54) is 17.3 Å². The van der Waals surface area contributed by atoms with Gasteiger partial charge in [-0.05, 0) is 0 Å². The van der Waals surface area contributed by atoms with Crippen LogP contribution in [0, 0.1) is 0 Å². The molecule has 0 atom stereocenters. The summed E-state index contributed by atoms with van der Waals surface area (Å²) in [4.78, 5) is 15.6. The van der Waals surface area contributed by atoms with Gasteiger partial charge in [-0.15, -0.1) is 0 Å². The molecule has 3 rings (SSSR count). The van der Waals surface area contributed by atoms with E-state index >= 15 is 0 Å². The number of pyridine rings is 1. The van der Waals surface area contributed by atoms with E-state index in [0.29, 0.717) is 6.61 Å². The summed E-state index contributed by atoms with van der Waals surface area (Å²) in [5, 5.41) is 9.18. The Balaban J connectivity index is 2.08. The van der Waals surface area contributed by atoms with E-state index in [1.807, 2.05) is 24.3 Å². The van der Waals surface area contributed by atoms with E-state index in [9.17, 15) is 9.90 Å². The Morgan fingerprint density at radius 3 is 2.19 bits per heavy atom. The van der Waals surface area contributed by atoms with E-state index in [-0.39, 0.29) is 31.4 Å². The van der Waals surface area contributed by atoms with Crippen molar-refractivity contribution in [2.45, 2.75) is 59.0 Å². The Morgan fingerprint density at radius 1 is 0.969 bits per heavy atom. The molecule has 0 amide bonds. The first-order valence-electron chi connectivity index (χ1n) is 10.7. The monoisotopic (exact) mass is 497 g/mol. The zero-order chi connectivity index (χ0) is 23.5. The summed E-state index contributed by atoms with van der Waals surface area (Å²) in [6, 6.07) is 18.1. The minimum atomic E-state index is -0.965. The van der Waals surface area contributed by atoms with Gasteiger partial charge in [-0.2, -0.15) is 0 Å². The molecule has 32 heavy (non-hydrogen) atoms. The number of carboxylic acid groups (broad SMARTS) is 1. The molecule has 0 fully saturated rings. The third-order valence-corrected chi connectivity index (χ3v) is 7.20. The number of ether oxygens (including phenoxy) is 1. The summed E-state index contributed by atoms with van der Waals surface area (Å²) < 4.78 is 8.48. The van der Waals surface area contributed by atoms with Crippen LogP contribution in [0.25, 0.3) is 0 Å². The fraction of sp³-hybridized carbons (Fsp3) is 0.333. The van der Waals surface area contributed by atoms with Crippen molar-refractivity contribution in [3.8, 4) is 5.75 Å². The summed E-state index contributed by atoms with van der Waals surface area (Å²) in [6.07, 6.45) is 1.43. The first kappa shape index (κ1) is 24.0. The van der Waals surface area contributed by atoms with Gasteiger partial charge >= 0.3 is 197 Å². The number of hydrogen-bond donors (Lipinski definition) is 1. The van der Waals surface area contributed by atoms with Crippen LogP contribution in [0.4, 0.5) is 0 Å². The summed E-state index contributed by atoms with van der Waals surface area (Å²) in [5.41, 5.74) is 3.65. The molecular weight excluding hydrogens is 465 g/mol. The fourth-order valence-electron chi connectivity index (χ4n) is 3.23. The number of benzene rings is 2. The third kappa shape index (κ3) is 5.99. The Kier molecular flexibility index (Phi) is 7.12. The Labute approximate surface area is 197 Å². The molecular formula is C27H31NO3Se. The van der Waals surface area contributed by atoms with Gasteiger partial charge in [-0.3, -0.25) is 0 Å². The standard InChI is InChI=1S/C27H31NO3Se/c1-26(2,3)20-14-21(27(4,5)6)24(31-17-18-10-8-7-9-11-18)22(15-20)32-23-13-12-19(16-28-23)25(29)30/h7-16H,17H2,1-6H3,(H,29,30). The maximum atomic E-state index is 11.2. The first-order valence-corrected chi connectivity index (χ1v) is 12.4. The van der Waals surface area contributed by atoms with Gasteiger partial charge in [0.1, 0.15) is 0 Å². The molecule has 4 nitrogen and oxygen atoms in total. The van der Waals surface area contributed by atoms with E-state index in [0.717, 1.165) is 20.4 Å². The number of rotatable bonds is 6. The van der Waals surface area contributed by atoms with Gasteiger partial charge in [0, 0.05) is 0 Å². The molecule has 0 aliphatic carbocycles. The minimum absolute atomic E-state index is 0.0105. The number of carboxylic acids is 1. The number of aromatic carboxylic acids is 1. The van der Waals surface area contributed by atoms with Crippen LogP contribution in [0.5, 0.6) is 5.75 Å². The topological polar surface area (TPSA) is 59.4 Å². The number of hydrogen-bond acceptors (Lipinski definition) is 3. The van der Waals surface area contributed by atoms with Crippen molar-refractivity contribution in [1.29, 1.82) is 0 Å². The molecule has 0 aliphatic heterocycles. The van der Waals surface area contributed by atoms with Crippen LogP contribution in [-0.4, -0.2) is 31.0 Å². The maximum absolute atomic E-state index is 11.2.